The van der Waals surface area contributed by atoms with Crippen LogP contribution in [0.25, 0.3) is 0 Å². The summed E-state index contributed by atoms with van der Waals surface area (Å²) in [6, 6.07) is 10.9. The lowest BCUT2D eigenvalue weighted by atomic mass is 9.89. The number of amides is 1. The highest BCUT2D eigenvalue weighted by atomic mass is 16.6. The van der Waals surface area contributed by atoms with Crippen LogP contribution in [0.3, 0.4) is 0 Å². The van der Waals surface area contributed by atoms with Gasteiger partial charge in [0.05, 0.1) is 0 Å². The van der Waals surface area contributed by atoms with Crippen molar-refractivity contribution in [2.45, 2.75) is 51.8 Å². The summed E-state index contributed by atoms with van der Waals surface area (Å²) >= 11 is 0. The van der Waals surface area contributed by atoms with Crippen LogP contribution in [0.4, 0.5) is 4.79 Å². The van der Waals surface area contributed by atoms with Crippen LogP contribution >= 0.6 is 0 Å². The molecule has 1 amide bonds. The molecule has 0 N–H and O–H groups in total. The summed E-state index contributed by atoms with van der Waals surface area (Å²) in [4.78, 5) is 16.8. The molecule has 4 nitrogen and oxygen atoms in total. The Morgan fingerprint density at radius 1 is 1.22 bits per heavy atom. The van der Waals surface area contributed by atoms with Gasteiger partial charge in [0, 0.05) is 38.1 Å². The summed E-state index contributed by atoms with van der Waals surface area (Å²) < 4.78 is 5.57. The zero-order valence-corrected chi connectivity index (χ0v) is 14.5. The van der Waals surface area contributed by atoms with E-state index in [2.05, 4.69) is 35.2 Å². The van der Waals surface area contributed by atoms with Crippen molar-refractivity contribution in [1.29, 1.82) is 0 Å². The van der Waals surface area contributed by atoms with Gasteiger partial charge in [-0.25, -0.2) is 4.79 Å². The fraction of sp³-hybridized carbons (Fsp3) is 0.632. The molecule has 126 valence electrons. The number of hydrogen-bond donors (Lipinski definition) is 0. The average molecular weight is 316 g/mol. The van der Waals surface area contributed by atoms with E-state index in [4.69, 9.17) is 4.74 Å². The molecule has 1 aromatic rings. The second-order valence-electron chi connectivity index (χ2n) is 7.82. The molecule has 2 heterocycles. The molecule has 2 aliphatic heterocycles. The van der Waals surface area contributed by atoms with Gasteiger partial charge in [-0.3, -0.25) is 4.90 Å². The molecular formula is C19H28N2O2. The average Bonchev–Trinajstić information content (AvgIpc) is 2.90. The standard InChI is InChI=1S/C19H28N2O2/c1-19(2,3)23-18(22)21-11-7-10-17(21)16-13-20(14-16)12-15-8-5-4-6-9-15/h4-6,8-9,16-17H,7,10-14H2,1-3H3. The molecular weight excluding hydrogens is 288 g/mol. The number of ether oxygens (including phenoxy) is 1. The Morgan fingerprint density at radius 3 is 2.57 bits per heavy atom. The van der Waals surface area contributed by atoms with E-state index < -0.39 is 5.60 Å². The van der Waals surface area contributed by atoms with Gasteiger partial charge in [-0.05, 0) is 39.2 Å². The van der Waals surface area contributed by atoms with E-state index in [0.29, 0.717) is 12.0 Å². The lowest BCUT2D eigenvalue weighted by Crippen LogP contribution is -2.55. The number of nitrogens with zero attached hydrogens (tertiary/aromatic N) is 2. The topological polar surface area (TPSA) is 32.8 Å². The third-order valence-corrected chi connectivity index (χ3v) is 4.71. The molecule has 1 aromatic carbocycles. The van der Waals surface area contributed by atoms with Gasteiger partial charge in [0.25, 0.3) is 0 Å². The van der Waals surface area contributed by atoms with Crippen LogP contribution in [0.2, 0.25) is 0 Å². The zero-order chi connectivity index (χ0) is 16.4. The van der Waals surface area contributed by atoms with E-state index in [0.717, 1.165) is 39.0 Å². The fourth-order valence-electron chi connectivity index (χ4n) is 3.65. The Hall–Kier alpha value is -1.55. The molecule has 2 saturated heterocycles. The van der Waals surface area contributed by atoms with Gasteiger partial charge in [-0.2, -0.15) is 0 Å². The van der Waals surface area contributed by atoms with Crippen molar-refractivity contribution in [3.05, 3.63) is 35.9 Å². The minimum atomic E-state index is -0.414. The first-order chi connectivity index (χ1) is 10.9. The molecule has 0 spiro atoms. The maximum atomic E-state index is 12.4. The van der Waals surface area contributed by atoms with Crippen LogP contribution in [0.15, 0.2) is 30.3 Å². The first kappa shape index (κ1) is 16.3. The quantitative estimate of drug-likeness (QED) is 0.855. The van der Waals surface area contributed by atoms with Gasteiger partial charge in [0.2, 0.25) is 0 Å². The van der Waals surface area contributed by atoms with Crippen LogP contribution in [-0.2, 0) is 11.3 Å². The van der Waals surface area contributed by atoms with E-state index in [1.165, 1.54) is 5.56 Å². The number of carbonyl (C=O) groups excluding carboxylic acids is 1. The summed E-state index contributed by atoms with van der Waals surface area (Å²) in [7, 11) is 0. The lowest BCUT2D eigenvalue weighted by Gasteiger charge is -2.45. The lowest BCUT2D eigenvalue weighted by molar-refractivity contribution is -0.00370. The third kappa shape index (κ3) is 4.05. The van der Waals surface area contributed by atoms with Crippen LogP contribution in [0, 0.1) is 5.92 Å². The van der Waals surface area contributed by atoms with Crippen molar-refractivity contribution in [3.8, 4) is 0 Å². The van der Waals surface area contributed by atoms with E-state index in [1.807, 2.05) is 25.7 Å². The highest BCUT2D eigenvalue weighted by Crippen LogP contribution is 2.32. The van der Waals surface area contributed by atoms with Crippen LogP contribution < -0.4 is 0 Å². The van der Waals surface area contributed by atoms with Gasteiger partial charge < -0.3 is 9.64 Å². The Bertz CT molecular complexity index is 532. The Balaban J connectivity index is 1.51. The van der Waals surface area contributed by atoms with Crippen LogP contribution in [0.5, 0.6) is 0 Å². The zero-order valence-electron chi connectivity index (χ0n) is 14.5. The van der Waals surface area contributed by atoms with E-state index in [1.54, 1.807) is 0 Å². The van der Waals surface area contributed by atoms with Gasteiger partial charge >= 0.3 is 6.09 Å². The number of rotatable bonds is 3. The summed E-state index contributed by atoms with van der Waals surface area (Å²) in [5.74, 6) is 0.591. The second kappa shape index (κ2) is 6.52. The molecule has 1 unspecified atom stereocenters. The summed E-state index contributed by atoms with van der Waals surface area (Å²) in [6.45, 7) is 9.81. The summed E-state index contributed by atoms with van der Waals surface area (Å²) in [5, 5.41) is 0. The van der Waals surface area contributed by atoms with Gasteiger partial charge in [-0.1, -0.05) is 30.3 Å². The minimum Gasteiger partial charge on any atom is -0.444 e. The normalized spacial score (nSPS) is 22.9. The molecule has 0 bridgehead atoms. The Morgan fingerprint density at radius 2 is 1.91 bits per heavy atom. The van der Waals surface area contributed by atoms with Crippen molar-refractivity contribution in [2.24, 2.45) is 5.92 Å². The maximum Gasteiger partial charge on any atom is 0.410 e. The predicted molar refractivity (Wildman–Crippen MR) is 91.2 cm³/mol. The molecule has 1 atom stereocenters. The highest BCUT2D eigenvalue weighted by Gasteiger charge is 2.41. The minimum absolute atomic E-state index is 0.137. The first-order valence-electron chi connectivity index (χ1n) is 8.68. The molecule has 0 saturated carbocycles. The van der Waals surface area contributed by atoms with Crippen LogP contribution in [0.1, 0.15) is 39.2 Å². The molecule has 4 heteroatoms. The molecule has 0 radical (unpaired) electrons. The maximum absolute atomic E-state index is 12.4. The SMILES string of the molecule is CC(C)(C)OC(=O)N1CCCC1C1CN(Cc2ccccc2)C1. The van der Waals surface area contributed by atoms with Crippen molar-refractivity contribution in [1.82, 2.24) is 9.80 Å². The Labute approximate surface area is 139 Å². The molecule has 0 aromatic heterocycles. The van der Waals surface area contributed by atoms with Crippen molar-refractivity contribution in [2.75, 3.05) is 19.6 Å². The smallest absolute Gasteiger partial charge is 0.410 e. The number of hydrogen-bond acceptors (Lipinski definition) is 3. The highest BCUT2D eigenvalue weighted by molar-refractivity contribution is 5.69. The van der Waals surface area contributed by atoms with Gasteiger partial charge in [0.15, 0.2) is 0 Å². The number of benzene rings is 1. The molecule has 2 aliphatic rings. The summed E-state index contributed by atoms with van der Waals surface area (Å²) in [5.41, 5.74) is 0.949. The predicted octanol–water partition coefficient (Wildman–Crippen LogP) is 3.52. The van der Waals surface area contributed by atoms with E-state index >= 15 is 0 Å². The molecule has 23 heavy (non-hydrogen) atoms. The van der Waals surface area contributed by atoms with E-state index in [9.17, 15) is 4.79 Å². The fourth-order valence-corrected chi connectivity index (χ4v) is 3.65. The molecule has 2 fully saturated rings. The monoisotopic (exact) mass is 316 g/mol. The van der Waals surface area contributed by atoms with E-state index in [-0.39, 0.29) is 6.09 Å². The number of likely N-dealkylation sites (tertiary alicyclic amines) is 2. The molecule has 0 aliphatic carbocycles. The van der Waals surface area contributed by atoms with Crippen LogP contribution in [-0.4, -0.2) is 47.2 Å². The third-order valence-electron chi connectivity index (χ3n) is 4.71. The Kier molecular flexibility index (Phi) is 4.62. The summed E-state index contributed by atoms with van der Waals surface area (Å²) in [6.07, 6.45) is 2.07. The largest absolute Gasteiger partial charge is 0.444 e. The van der Waals surface area contributed by atoms with Gasteiger partial charge in [-0.15, -0.1) is 0 Å². The van der Waals surface area contributed by atoms with Crippen molar-refractivity contribution >= 4 is 6.09 Å². The van der Waals surface area contributed by atoms with Gasteiger partial charge in [0.1, 0.15) is 5.60 Å². The number of carbonyl (C=O) groups is 1. The first-order valence-corrected chi connectivity index (χ1v) is 8.68. The van der Waals surface area contributed by atoms with Crippen molar-refractivity contribution < 1.29 is 9.53 Å². The van der Waals surface area contributed by atoms with Crippen molar-refractivity contribution in [3.63, 3.8) is 0 Å². The molecule has 3 rings (SSSR count). The second-order valence-corrected chi connectivity index (χ2v) is 7.82.